The average molecular weight is 334 g/mol. The van der Waals surface area contributed by atoms with Crippen LogP contribution in [0.25, 0.3) is 0 Å². The topological polar surface area (TPSA) is 63.4 Å². The van der Waals surface area contributed by atoms with Crippen LogP contribution in [0.4, 0.5) is 0 Å². The molecule has 1 aromatic carbocycles. The van der Waals surface area contributed by atoms with Crippen molar-refractivity contribution in [1.29, 1.82) is 0 Å². The second-order valence-electron chi connectivity index (χ2n) is 6.27. The first-order valence-corrected chi connectivity index (χ1v) is 9.34. The summed E-state index contributed by atoms with van der Waals surface area (Å²) in [4.78, 5) is 0.209. The molecule has 5 nitrogen and oxygen atoms in total. The summed E-state index contributed by atoms with van der Waals surface area (Å²) in [7, 11) is -3.64. The summed E-state index contributed by atoms with van der Waals surface area (Å²) in [6, 6.07) is 9.66. The van der Waals surface area contributed by atoms with Crippen molar-refractivity contribution in [1.82, 2.24) is 9.46 Å². The normalized spacial score (nSPS) is 16.7. The number of aromatic nitrogens is 1. The molecule has 1 aliphatic carbocycles. The van der Waals surface area contributed by atoms with Gasteiger partial charge in [0.15, 0.2) is 5.76 Å². The molecule has 1 heterocycles. The lowest BCUT2D eigenvalue weighted by atomic mass is 10.2. The van der Waals surface area contributed by atoms with Crippen LogP contribution in [0.1, 0.15) is 36.8 Å². The van der Waals surface area contributed by atoms with Crippen LogP contribution < -0.4 is 0 Å². The van der Waals surface area contributed by atoms with Crippen molar-refractivity contribution in [3.05, 3.63) is 47.3 Å². The van der Waals surface area contributed by atoms with E-state index in [0.29, 0.717) is 23.9 Å². The molecule has 0 aliphatic heterocycles. The zero-order valence-electron chi connectivity index (χ0n) is 13.7. The molecule has 0 amide bonds. The fraction of sp³-hybridized carbons (Fsp3) is 0.471. The number of rotatable bonds is 6. The highest BCUT2D eigenvalue weighted by molar-refractivity contribution is 7.89. The molecule has 1 aliphatic rings. The van der Waals surface area contributed by atoms with Gasteiger partial charge in [-0.3, -0.25) is 0 Å². The van der Waals surface area contributed by atoms with Gasteiger partial charge in [0.1, 0.15) is 10.6 Å². The molecular formula is C17H22N2O3S. The maximum absolute atomic E-state index is 13.2. The van der Waals surface area contributed by atoms with Crippen molar-refractivity contribution >= 4 is 10.0 Å². The summed E-state index contributed by atoms with van der Waals surface area (Å²) >= 11 is 0. The predicted octanol–water partition coefficient (Wildman–Crippen LogP) is 3.28. The van der Waals surface area contributed by atoms with Crippen molar-refractivity contribution in [2.45, 2.75) is 51.1 Å². The van der Waals surface area contributed by atoms with E-state index < -0.39 is 10.0 Å². The smallest absolute Gasteiger partial charge is 0.249 e. The van der Waals surface area contributed by atoms with Crippen molar-refractivity contribution in [3.8, 4) is 0 Å². The van der Waals surface area contributed by atoms with Crippen LogP contribution >= 0.6 is 0 Å². The maximum Gasteiger partial charge on any atom is 0.249 e. The minimum atomic E-state index is -3.64. The summed E-state index contributed by atoms with van der Waals surface area (Å²) < 4.78 is 33.2. The van der Waals surface area contributed by atoms with Crippen molar-refractivity contribution in [3.63, 3.8) is 0 Å². The fourth-order valence-electron chi connectivity index (χ4n) is 2.99. The number of benzene rings is 1. The quantitative estimate of drug-likeness (QED) is 0.813. The SMILES string of the molecule is Cc1noc(C)c1S(=O)(=O)N(Cc1ccccc1)C(C)C1CC1. The zero-order valence-corrected chi connectivity index (χ0v) is 14.5. The van der Waals surface area contributed by atoms with Gasteiger partial charge in [0.2, 0.25) is 10.0 Å². The van der Waals surface area contributed by atoms with E-state index in [1.165, 1.54) is 0 Å². The van der Waals surface area contributed by atoms with Gasteiger partial charge in [-0.25, -0.2) is 8.42 Å². The van der Waals surface area contributed by atoms with Gasteiger partial charge in [-0.1, -0.05) is 35.5 Å². The van der Waals surface area contributed by atoms with E-state index >= 15 is 0 Å². The van der Waals surface area contributed by atoms with Gasteiger partial charge in [0, 0.05) is 12.6 Å². The third-order valence-electron chi connectivity index (χ3n) is 4.47. The van der Waals surface area contributed by atoms with E-state index in [-0.39, 0.29) is 10.9 Å². The van der Waals surface area contributed by atoms with E-state index in [1.54, 1.807) is 18.2 Å². The minimum Gasteiger partial charge on any atom is -0.360 e. The van der Waals surface area contributed by atoms with Crippen LogP contribution in [-0.4, -0.2) is 23.9 Å². The van der Waals surface area contributed by atoms with Gasteiger partial charge in [-0.05, 0) is 45.1 Å². The molecular weight excluding hydrogens is 312 g/mol. The van der Waals surface area contributed by atoms with Gasteiger partial charge in [-0.15, -0.1) is 0 Å². The van der Waals surface area contributed by atoms with Gasteiger partial charge in [-0.2, -0.15) is 4.31 Å². The lowest BCUT2D eigenvalue weighted by Crippen LogP contribution is -2.39. The Hall–Kier alpha value is -1.66. The highest BCUT2D eigenvalue weighted by Crippen LogP contribution is 2.38. The standard InChI is InChI=1S/C17H22N2O3S/c1-12-17(14(3)22-18-12)23(20,21)19(13(2)16-9-10-16)11-15-7-5-4-6-8-15/h4-8,13,16H,9-11H2,1-3H3. The molecule has 3 rings (SSSR count). The van der Waals surface area contributed by atoms with Crippen molar-refractivity contribution in [2.24, 2.45) is 5.92 Å². The highest BCUT2D eigenvalue weighted by atomic mass is 32.2. The Balaban J connectivity index is 2.00. The van der Waals surface area contributed by atoms with Crippen molar-refractivity contribution in [2.75, 3.05) is 0 Å². The van der Waals surface area contributed by atoms with E-state index in [9.17, 15) is 8.42 Å². The minimum absolute atomic E-state index is 0.0334. The molecule has 0 saturated heterocycles. The Morgan fingerprint density at radius 2 is 1.91 bits per heavy atom. The van der Waals surface area contributed by atoms with Crippen LogP contribution in [0, 0.1) is 19.8 Å². The molecule has 0 bridgehead atoms. The van der Waals surface area contributed by atoms with Gasteiger partial charge in [0.25, 0.3) is 0 Å². The Morgan fingerprint density at radius 1 is 1.26 bits per heavy atom. The summed E-state index contributed by atoms with van der Waals surface area (Å²) in [5, 5.41) is 3.81. The van der Waals surface area contributed by atoms with Gasteiger partial charge >= 0.3 is 0 Å². The molecule has 124 valence electrons. The summed E-state index contributed by atoms with van der Waals surface area (Å²) in [6.07, 6.45) is 2.17. The summed E-state index contributed by atoms with van der Waals surface area (Å²) in [6.45, 7) is 5.68. The lowest BCUT2D eigenvalue weighted by molar-refractivity contribution is 0.302. The molecule has 2 aromatic rings. The highest BCUT2D eigenvalue weighted by Gasteiger charge is 2.40. The fourth-order valence-corrected chi connectivity index (χ4v) is 4.96. The summed E-state index contributed by atoms with van der Waals surface area (Å²) in [5.41, 5.74) is 1.40. The number of sulfonamides is 1. The molecule has 1 aromatic heterocycles. The van der Waals surface area contributed by atoms with Crippen molar-refractivity contribution < 1.29 is 12.9 Å². The van der Waals surface area contributed by atoms with Crippen LogP contribution in [-0.2, 0) is 16.6 Å². The molecule has 1 unspecified atom stereocenters. The zero-order chi connectivity index (χ0) is 16.6. The van der Waals surface area contributed by atoms with Crippen LogP contribution in [0.2, 0.25) is 0 Å². The van der Waals surface area contributed by atoms with E-state index in [4.69, 9.17) is 4.52 Å². The molecule has 1 saturated carbocycles. The first-order chi connectivity index (χ1) is 10.9. The molecule has 1 fully saturated rings. The second kappa shape index (κ2) is 6.09. The Labute approximate surface area is 137 Å². The van der Waals surface area contributed by atoms with Crippen LogP contribution in [0.15, 0.2) is 39.8 Å². The van der Waals surface area contributed by atoms with Gasteiger partial charge < -0.3 is 4.52 Å². The van der Waals surface area contributed by atoms with Crippen LogP contribution in [0.5, 0.6) is 0 Å². The van der Waals surface area contributed by atoms with Gasteiger partial charge in [0.05, 0.1) is 0 Å². The number of aryl methyl sites for hydroxylation is 2. The average Bonchev–Trinajstić information content (AvgIpc) is 3.30. The van der Waals surface area contributed by atoms with E-state index in [0.717, 1.165) is 18.4 Å². The Morgan fingerprint density at radius 3 is 2.43 bits per heavy atom. The lowest BCUT2D eigenvalue weighted by Gasteiger charge is -2.28. The maximum atomic E-state index is 13.2. The second-order valence-corrected chi connectivity index (χ2v) is 8.09. The molecule has 0 N–H and O–H groups in total. The predicted molar refractivity (Wildman–Crippen MR) is 87.3 cm³/mol. The molecule has 6 heteroatoms. The third-order valence-corrected chi connectivity index (χ3v) is 6.65. The summed E-state index contributed by atoms with van der Waals surface area (Å²) in [5.74, 6) is 0.789. The number of hydrogen-bond donors (Lipinski definition) is 0. The Bertz CT molecular complexity index is 760. The first-order valence-electron chi connectivity index (χ1n) is 7.90. The molecule has 0 radical (unpaired) electrons. The molecule has 0 spiro atoms. The van der Waals surface area contributed by atoms with Crippen LogP contribution in [0.3, 0.4) is 0 Å². The number of nitrogens with zero attached hydrogens (tertiary/aromatic N) is 2. The first kappa shape index (κ1) is 16.2. The van der Waals surface area contributed by atoms with E-state index in [2.05, 4.69) is 5.16 Å². The monoisotopic (exact) mass is 334 g/mol. The molecule has 1 atom stereocenters. The van der Waals surface area contributed by atoms with E-state index in [1.807, 2.05) is 37.3 Å². The largest absolute Gasteiger partial charge is 0.360 e. The number of hydrogen-bond acceptors (Lipinski definition) is 4. The molecule has 23 heavy (non-hydrogen) atoms. The Kier molecular flexibility index (Phi) is 4.29. The third kappa shape index (κ3) is 3.19.